The van der Waals surface area contributed by atoms with Gasteiger partial charge in [-0.1, -0.05) is 6.07 Å². The monoisotopic (exact) mass is 393 g/mol. The van der Waals surface area contributed by atoms with Crippen molar-refractivity contribution in [2.45, 2.75) is 39.3 Å². The van der Waals surface area contributed by atoms with Crippen molar-refractivity contribution in [3.63, 3.8) is 0 Å². The summed E-state index contributed by atoms with van der Waals surface area (Å²) in [5.41, 5.74) is 4.83. The Hall–Kier alpha value is -2.92. The second-order valence-electron chi connectivity index (χ2n) is 7.88. The van der Waals surface area contributed by atoms with Crippen molar-refractivity contribution in [3.05, 3.63) is 47.0 Å². The van der Waals surface area contributed by atoms with E-state index < -0.39 is 0 Å². The van der Waals surface area contributed by atoms with E-state index in [0.717, 1.165) is 39.6 Å². The van der Waals surface area contributed by atoms with Gasteiger partial charge in [0.1, 0.15) is 23.0 Å². The summed E-state index contributed by atoms with van der Waals surface area (Å²) in [6.45, 7) is 6.25. The fourth-order valence-electron chi connectivity index (χ4n) is 4.69. The molecule has 0 aromatic heterocycles. The topological polar surface area (TPSA) is 71.0 Å². The molecule has 3 N–H and O–H groups in total. The summed E-state index contributed by atoms with van der Waals surface area (Å²) in [5, 5.41) is 26.6. The summed E-state index contributed by atoms with van der Waals surface area (Å²) in [4.78, 5) is 0. The van der Waals surface area contributed by atoms with Crippen molar-refractivity contribution in [3.8, 4) is 34.1 Å². The molecular weight excluding hydrogens is 366 g/mol. The van der Waals surface area contributed by atoms with Crippen LogP contribution in [0.4, 0.5) is 0 Å². The van der Waals surface area contributed by atoms with Gasteiger partial charge in [-0.2, -0.15) is 0 Å². The highest BCUT2D eigenvalue weighted by molar-refractivity contribution is 6.05. The lowest BCUT2D eigenvalue weighted by atomic mass is 9.83. The van der Waals surface area contributed by atoms with Crippen LogP contribution in [0, 0.1) is 6.92 Å². The molecule has 0 fully saturated rings. The van der Waals surface area contributed by atoms with Gasteiger partial charge < -0.3 is 25.0 Å². The van der Waals surface area contributed by atoms with Gasteiger partial charge in [0.15, 0.2) is 0 Å². The number of fused-ring (bicyclic) bond motifs is 2. The Balaban J connectivity index is 2.12. The zero-order chi connectivity index (χ0) is 20.9. The third-order valence-electron chi connectivity index (χ3n) is 5.80. The maximum absolute atomic E-state index is 11.0. The maximum atomic E-state index is 11.0. The third kappa shape index (κ3) is 3.06. The van der Waals surface area contributed by atoms with Gasteiger partial charge in [-0.25, -0.2) is 0 Å². The molecule has 0 bridgehead atoms. The van der Waals surface area contributed by atoms with Crippen molar-refractivity contribution in [2.24, 2.45) is 0 Å². The van der Waals surface area contributed by atoms with E-state index in [1.807, 2.05) is 25.1 Å². The zero-order valence-electron chi connectivity index (χ0n) is 17.5. The number of methoxy groups -OCH3 is 2. The third-order valence-corrected chi connectivity index (χ3v) is 5.80. The van der Waals surface area contributed by atoms with Gasteiger partial charge in [0, 0.05) is 29.3 Å². The molecule has 0 saturated heterocycles. The minimum Gasteiger partial charge on any atom is -0.507 e. The number of ether oxygens (including phenoxy) is 2. The van der Waals surface area contributed by atoms with Crippen LogP contribution < -0.4 is 14.8 Å². The largest absolute Gasteiger partial charge is 0.507 e. The van der Waals surface area contributed by atoms with E-state index in [0.29, 0.717) is 16.9 Å². The molecule has 0 amide bonds. The first kappa shape index (κ1) is 19.4. The molecule has 5 nitrogen and oxygen atoms in total. The molecule has 1 heterocycles. The van der Waals surface area contributed by atoms with Gasteiger partial charge >= 0.3 is 0 Å². The van der Waals surface area contributed by atoms with Crippen molar-refractivity contribution < 1.29 is 19.7 Å². The number of aryl methyl sites for hydroxylation is 1. The highest BCUT2D eigenvalue weighted by Crippen LogP contribution is 2.48. The molecule has 5 heteroatoms. The minimum atomic E-state index is 0.0997. The Kier molecular flexibility index (Phi) is 4.79. The summed E-state index contributed by atoms with van der Waals surface area (Å²) >= 11 is 0. The maximum Gasteiger partial charge on any atom is 0.130 e. The lowest BCUT2D eigenvalue weighted by molar-refractivity contribution is 0.377. The highest BCUT2D eigenvalue weighted by Gasteiger charge is 2.30. The number of aromatic hydroxyl groups is 2. The quantitative estimate of drug-likeness (QED) is 0.594. The summed E-state index contributed by atoms with van der Waals surface area (Å²) in [7, 11) is 3.23. The fraction of sp³-hybridized carbons (Fsp3) is 0.333. The van der Waals surface area contributed by atoms with E-state index in [1.165, 1.54) is 0 Å². The Labute approximate surface area is 170 Å². The van der Waals surface area contributed by atoms with Crippen LogP contribution in [-0.4, -0.2) is 30.5 Å². The van der Waals surface area contributed by atoms with Gasteiger partial charge in [0.2, 0.25) is 0 Å². The number of nitrogens with one attached hydrogen (secondary N) is 1. The van der Waals surface area contributed by atoms with Gasteiger partial charge in [-0.05, 0) is 67.5 Å². The summed E-state index contributed by atoms with van der Waals surface area (Å²) < 4.78 is 11.1. The molecule has 0 aliphatic carbocycles. The minimum absolute atomic E-state index is 0.0997. The summed E-state index contributed by atoms with van der Waals surface area (Å²) in [6, 6.07) is 9.52. The van der Waals surface area contributed by atoms with Gasteiger partial charge in [-0.3, -0.25) is 0 Å². The lowest BCUT2D eigenvalue weighted by Gasteiger charge is -2.33. The van der Waals surface area contributed by atoms with Crippen molar-refractivity contribution in [2.75, 3.05) is 14.2 Å². The first-order chi connectivity index (χ1) is 13.8. The second kappa shape index (κ2) is 7.16. The molecule has 152 valence electrons. The van der Waals surface area contributed by atoms with Crippen LogP contribution in [0.2, 0.25) is 0 Å². The smallest absolute Gasteiger partial charge is 0.130 e. The lowest BCUT2D eigenvalue weighted by Crippen LogP contribution is -2.36. The van der Waals surface area contributed by atoms with E-state index in [4.69, 9.17) is 9.47 Å². The number of rotatable bonds is 3. The van der Waals surface area contributed by atoms with Crippen LogP contribution in [0.1, 0.15) is 36.6 Å². The van der Waals surface area contributed by atoms with Crippen LogP contribution in [0.15, 0.2) is 30.3 Å². The number of hydrogen-bond acceptors (Lipinski definition) is 5. The molecule has 2 unspecified atom stereocenters. The van der Waals surface area contributed by atoms with Crippen molar-refractivity contribution >= 4 is 10.8 Å². The molecule has 1 aliphatic rings. The average molecular weight is 393 g/mol. The van der Waals surface area contributed by atoms with Gasteiger partial charge in [0.05, 0.1) is 19.6 Å². The number of phenols is 2. The van der Waals surface area contributed by atoms with Crippen LogP contribution >= 0.6 is 0 Å². The van der Waals surface area contributed by atoms with Gasteiger partial charge in [-0.15, -0.1) is 0 Å². The molecule has 3 aromatic rings. The number of phenolic OH excluding ortho intramolecular Hbond substituents is 2. The zero-order valence-corrected chi connectivity index (χ0v) is 17.5. The number of benzene rings is 3. The fourth-order valence-corrected chi connectivity index (χ4v) is 4.69. The Morgan fingerprint density at radius 2 is 1.69 bits per heavy atom. The summed E-state index contributed by atoms with van der Waals surface area (Å²) in [5.74, 6) is 1.63. The first-order valence-electron chi connectivity index (χ1n) is 9.85. The van der Waals surface area contributed by atoms with E-state index in [2.05, 4.69) is 19.2 Å². The van der Waals surface area contributed by atoms with E-state index in [1.54, 1.807) is 26.4 Å². The van der Waals surface area contributed by atoms with Gasteiger partial charge in [0.25, 0.3) is 0 Å². The Morgan fingerprint density at radius 1 is 0.966 bits per heavy atom. The molecule has 0 spiro atoms. The molecule has 2 atom stereocenters. The van der Waals surface area contributed by atoms with Crippen LogP contribution in [-0.2, 0) is 6.42 Å². The van der Waals surface area contributed by atoms with Crippen LogP contribution in [0.3, 0.4) is 0 Å². The normalized spacial score (nSPS) is 18.5. The second-order valence-corrected chi connectivity index (χ2v) is 7.88. The van der Waals surface area contributed by atoms with E-state index in [9.17, 15) is 10.2 Å². The standard InChI is InChI=1S/C24H27NO4/c1-12-8-16-15(6-7-18(26)24(16)20(9-12)28-4)23-17-10-13(2)25-14(3)22(17)21(29-5)11-19(23)27/h6-9,11,13-14,25-27H,10H2,1-5H3. The van der Waals surface area contributed by atoms with E-state index >= 15 is 0 Å². The SMILES string of the molecule is COc1cc(O)c(-c2ccc(O)c3c(OC)cc(C)cc23)c2c1C(C)NC(C)C2. The van der Waals surface area contributed by atoms with Crippen LogP contribution in [0.25, 0.3) is 21.9 Å². The Bertz CT molecular complexity index is 1110. The van der Waals surface area contributed by atoms with Crippen molar-refractivity contribution in [1.29, 1.82) is 0 Å². The first-order valence-corrected chi connectivity index (χ1v) is 9.85. The van der Waals surface area contributed by atoms with Crippen LogP contribution in [0.5, 0.6) is 23.0 Å². The average Bonchev–Trinajstić information content (AvgIpc) is 2.67. The molecule has 29 heavy (non-hydrogen) atoms. The van der Waals surface area contributed by atoms with E-state index in [-0.39, 0.29) is 23.6 Å². The summed E-state index contributed by atoms with van der Waals surface area (Å²) in [6.07, 6.45) is 0.769. The molecule has 3 aromatic carbocycles. The molecule has 0 saturated carbocycles. The predicted molar refractivity (Wildman–Crippen MR) is 115 cm³/mol. The highest BCUT2D eigenvalue weighted by atomic mass is 16.5. The molecule has 0 radical (unpaired) electrons. The number of hydrogen-bond donors (Lipinski definition) is 3. The van der Waals surface area contributed by atoms with Crippen molar-refractivity contribution in [1.82, 2.24) is 5.32 Å². The predicted octanol–water partition coefficient (Wildman–Crippen LogP) is 4.84. The molecule has 4 rings (SSSR count). The Morgan fingerprint density at radius 3 is 2.38 bits per heavy atom. The molecule has 1 aliphatic heterocycles. The molecular formula is C24H27NO4.